The van der Waals surface area contributed by atoms with Crippen LogP contribution in [0.1, 0.15) is 29.6 Å². The molecule has 4 nitrogen and oxygen atoms in total. The summed E-state index contributed by atoms with van der Waals surface area (Å²) in [5, 5.41) is 8.90. The minimum atomic E-state index is -0.785. The van der Waals surface area contributed by atoms with Crippen LogP contribution < -0.4 is 0 Å². The number of carbonyl (C=O) groups excluding carboxylic acids is 1. The number of carboxylic acids is 1. The van der Waals surface area contributed by atoms with Crippen molar-refractivity contribution in [2.45, 2.75) is 19.3 Å². The number of ketones is 1. The van der Waals surface area contributed by atoms with Crippen LogP contribution in [0.3, 0.4) is 0 Å². The molecule has 2 rings (SSSR count). The Hall–Kier alpha value is -1.82. The minimum Gasteiger partial charge on any atom is -0.481 e. The molecule has 1 aliphatic heterocycles. The normalized spacial score (nSPS) is 16.9. The van der Waals surface area contributed by atoms with E-state index in [0.29, 0.717) is 32.5 Å². The Kier molecular flexibility index (Phi) is 5.01. The van der Waals surface area contributed by atoms with Gasteiger partial charge in [-0.25, -0.2) is 8.78 Å². The van der Waals surface area contributed by atoms with Crippen molar-refractivity contribution in [1.29, 1.82) is 0 Å². The molecule has 0 aromatic heterocycles. The van der Waals surface area contributed by atoms with E-state index in [2.05, 4.69) is 0 Å². The maximum atomic E-state index is 13.5. The number of Topliss-reactive ketones (excluding diaryl/α,β-unsaturated/α-hetero) is 1. The van der Waals surface area contributed by atoms with E-state index >= 15 is 0 Å². The van der Waals surface area contributed by atoms with Crippen LogP contribution in [-0.2, 0) is 4.79 Å². The highest BCUT2D eigenvalue weighted by Gasteiger charge is 2.24. The van der Waals surface area contributed by atoms with Gasteiger partial charge in [0.1, 0.15) is 11.6 Å². The molecular formula is C15H17F2NO3. The van der Waals surface area contributed by atoms with E-state index in [1.807, 2.05) is 4.90 Å². The third-order valence-corrected chi connectivity index (χ3v) is 3.82. The first-order valence-corrected chi connectivity index (χ1v) is 6.91. The highest BCUT2D eigenvalue weighted by Crippen LogP contribution is 2.18. The van der Waals surface area contributed by atoms with Crippen LogP contribution >= 0.6 is 0 Å². The number of benzene rings is 1. The Morgan fingerprint density at radius 3 is 2.52 bits per heavy atom. The highest BCUT2D eigenvalue weighted by atomic mass is 19.1. The van der Waals surface area contributed by atoms with Crippen LogP contribution in [0, 0.1) is 17.6 Å². The molecule has 0 aliphatic carbocycles. The fraction of sp³-hybridized carbons (Fsp3) is 0.467. The zero-order valence-electron chi connectivity index (χ0n) is 11.5. The second-order valence-corrected chi connectivity index (χ2v) is 5.25. The van der Waals surface area contributed by atoms with Gasteiger partial charge < -0.3 is 10.0 Å². The summed E-state index contributed by atoms with van der Waals surface area (Å²) in [4.78, 5) is 24.7. The largest absolute Gasteiger partial charge is 0.481 e. The molecule has 114 valence electrons. The Labute approximate surface area is 121 Å². The van der Waals surface area contributed by atoms with Crippen molar-refractivity contribution >= 4 is 11.8 Å². The first-order valence-electron chi connectivity index (χ1n) is 6.91. The lowest BCUT2D eigenvalue weighted by Gasteiger charge is -2.29. The maximum Gasteiger partial charge on any atom is 0.306 e. The number of rotatable bonds is 5. The molecular weight excluding hydrogens is 280 g/mol. The predicted molar refractivity (Wildman–Crippen MR) is 72.1 cm³/mol. The predicted octanol–water partition coefficient (Wildman–Crippen LogP) is 2.33. The quantitative estimate of drug-likeness (QED) is 0.848. The van der Waals surface area contributed by atoms with Gasteiger partial charge in [0.15, 0.2) is 5.78 Å². The Morgan fingerprint density at radius 1 is 1.24 bits per heavy atom. The van der Waals surface area contributed by atoms with Crippen molar-refractivity contribution in [3.05, 3.63) is 35.4 Å². The number of carbonyl (C=O) groups is 2. The van der Waals surface area contributed by atoms with Crippen LogP contribution in [0.25, 0.3) is 0 Å². The van der Waals surface area contributed by atoms with Gasteiger partial charge >= 0.3 is 5.97 Å². The van der Waals surface area contributed by atoms with Crippen LogP contribution in [-0.4, -0.2) is 41.4 Å². The molecule has 1 fully saturated rings. The van der Waals surface area contributed by atoms with Gasteiger partial charge in [-0.3, -0.25) is 9.59 Å². The molecule has 1 N–H and O–H groups in total. The SMILES string of the molecule is O=C(CCN1CCC(C(=O)O)CC1)c1cc(F)ccc1F. The van der Waals surface area contributed by atoms with Crippen LogP contribution in [0.15, 0.2) is 18.2 Å². The van der Waals surface area contributed by atoms with Crippen LogP contribution in [0.2, 0.25) is 0 Å². The van der Waals surface area contributed by atoms with Crippen molar-refractivity contribution in [1.82, 2.24) is 4.90 Å². The fourth-order valence-electron chi connectivity index (χ4n) is 2.51. The minimum absolute atomic E-state index is 0.0953. The maximum absolute atomic E-state index is 13.5. The molecule has 1 heterocycles. The average Bonchev–Trinajstić information content (AvgIpc) is 2.47. The van der Waals surface area contributed by atoms with E-state index in [1.165, 1.54) is 0 Å². The van der Waals surface area contributed by atoms with E-state index in [9.17, 15) is 18.4 Å². The average molecular weight is 297 g/mol. The van der Waals surface area contributed by atoms with Gasteiger partial charge in [-0.05, 0) is 44.1 Å². The number of carboxylic acid groups (broad SMARTS) is 1. The summed E-state index contributed by atoms with van der Waals surface area (Å²) in [6.45, 7) is 1.65. The van der Waals surface area contributed by atoms with Gasteiger partial charge in [-0.15, -0.1) is 0 Å². The molecule has 0 unspecified atom stereocenters. The lowest BCUT2D eigenvalue weighted by atomic mass is 9.97. The summed E-state index contributed by atoms with van der Waals surface area (Å²) < 4.78 is 26.5. The summed E-state index contributed by atoms with van der Waals surface area (Å²) >= 11 is 0. The van der Waals surface area contributed by atoms with Crippen molar-refractivity contribution in [3.8, 4) is 0 Å². The molecule has 1 aromatic rings. The van der Waals surface area contributed by atoms with Gasteiger partial charge in [0, 0.05) is 13.0 Å². The third kappa shape index (κ3) is 4.07. The second-order valence-electron chi connectivity index (χ2n) is 5.25. The van der Waals surface area contributed by atoms with Crippen molar-refractivity contribution in [2.24, 2.45) is 5.92 Å². The summed E-state index contributed by atoms with van der Waals surface area (Å²) in [5.74, 6) is -2.90. The fourth-order valence-corrected chi connectivity index (χ4v) is 2.51. The van der Waals surface area contributed by atoms with E-state index in [1.54, 1.807) is 0 Å². The van der Waals surface area contributed by atoms with Crippen molar-refractivity contribution in [2.75, 3.05) is 19.6 Å². The molecule has 0 amide bonds. The van der Waals surface area contributed by atoms with Gasteiger partial charge in [0.25, 0.3) is 0 Å². The molecule has 1 aliphatic rings. The number of hydrogen-bond acceptors (Lipinski definition) is 3. The number of piperidine rings is 1. The van der Waals surface area contributed by atoms with Gasteiger partial charge in [0.05, 0.1) is 11.5 Å². The zero-order chi connectivity index (χ0) is 15.4. The number of nitrogens with zero attached hydrogens (tertiary/aromatic N) is 1. The number of hydrogen-bond donors (Lipinski definition) is 1. The van der Waals surface area contributed by atoms with Gasteiger partial charge in [-0.1, -0.05) is 0 Å². The Bertz CT molecular complexity index is 540. The molecule has 0 bridgehead atoms. The molecule has 0 radical (unpaired) electrons. The smallest absolute Gasteiger partial charge is 0.306 e. The molecule has 6 heteroatoms. The third-order valence-electron chi connectivity index (χ3n) is 3.82. The first-order chi connectivity index (χ1) is 9.97. The molecule has 0 spiro atoms. The van der Waals surface area contributed by atoms with Crippen molar-refractivity contribution in [3.63, 3.8) is 0 Å². The first kappa shape index (κ1) is 15.6. The van der Waals surface area contributed by atoms with E-state index in [0.717, 1.165) is 18.2 Å². The topological polar surface area (TPSA) is 57.6 Å². The van der Waals surface area contributed by atoms with Crippen molar-refractivity contribution < 1.29 is 23.5 Å². The standard InChI is InChI=1S/C15H17F2NO3/c16-11-1-2-13(17)12(9-11)14(19)5-8-18-6-3-10(4-7-18)15(20)21/h1-2,9-10H,3-8H2,(H,20,21). The molecule has 1 aromatic carbocycles. The van der Waals surface area contributed by atoms with E-state index < -0.39 is 23.4 Å². The van der Waals surface area contributed by atoms with E-state index in [-0.39, 0.29) is 17.9 Å². The van der Waals surface area contributed by atoms with Gasteiger partial charge in [-0.2, -0.15) is 0 Å². The molecule has 21 heavy (non-hydrogen) atoms. The number of aliphatic carboxylic acids is 1. The van der Waals surface area contributed by atoms with Gasteiger partial charge in [0.2, 0.25) is 0 Å². The Balaban J connectivity index is 1.85. The lowest BCUT2D eigenvalue weighted by molar-refractivity contribution is -0.143. The zero-order valence-corrected chi connectivity index (χ0v) is 11.5. The summed E-state index contributed by atoms with van der Waals surface area (Å²) in [7, 11) is 0. The highest BCUT2D eigenvalue weighted by molar-refractivity contribution is 5.96. The van der Waals surface area contributed by atoms with E-state index in [4.69, 9.17) is 5.11 Å². The lowest BCUT2D eigenvalue weighted by Crippen LogP contribution is -2.37. The summed E-state index contributed by atoms with van der Waals surface area (Å²) in [5.41, 5.74) is -0.226. The van der Waals surface area contributed by atoms with Crippen LogP contribution in [0.4, 0.5) is 8.78 Å². The molecule has 1 saturated heterocycles. The number of halogens is 2. The Morgan fingerprint density at radius 2 is 1.90 bits per heavy atom. The molecule has 0 saturated carbocycles. The number of likely N-dealkylation sites (tertiary alicyclic amines) is 1. The second kappa shape index (κ2) is 6.76. The van der Waals surface area contributed by atoms with Crippen LogP contribution in [0.5, 0.6) is 0 Å². The summed E-state index contributed by atoms with van der Waals surface area (Å²) in [6.07, 6.45) is 1.20. The summed E-state index contributed by atoms with van der Waals surface area (Å²) in [6, 6.07) is 2.83. The monoisotopic (exact) mass is 297 g/mol. The molecule has 0 atom stereocenters.